The number of furan rings is 1. The summed E-state index contributed by atoms with van der Waals surface area (Å²) in [6.07, 6.45) is 2.76. The molecular weight excluding hydrogens is 282 g/mol. The van der Waals surface area contributed by atoms with E-state index in [2.05, 4.69) is 5.32 Å². The van der Waals surface area contributed by atoms with Crippen LogP contribution < -0.4 is 5.32 Å². The van der Waals surface area contributed by atoms with E-state index in [0.717, 1.165) is 24.0 Å². The third-order valence-corrected chi connectivity index (χ3v) is 4.91. The number of hydrogen-bond acceptors (Lipinski definition) is 4. The Hall–Kier alpha value is -1.85. The molecule has 1 amide bonds. The molecule has 0 bridgehead atoms. The number of hydrogen-bond donors (Lipinski definition) is 1. The summed E-state index contributed by atoms with van der Waals surface area (Å²) in [5.41, 5.74) is 1.32. The summed E-state index contributed by atoms with van der Waals surface area (Å²) in [5.74, 6) is 0.559. The van der Waals surface area contributed by atoms with E-state index in [1.165, 1.54) is 6.26 Å². The maximum Gasteiger partial charge on any atom is 0.255 e. The molecule has 1 aliphatic heterocycles. The Labute approximate surface area is 128 Å². The number of nitrogens with one attached hydrogen (secondary N) is 1. The van der Waals surface area contributed by atoms with Gasteiger partial charge in [0.05, 0.1) is 18.3 Å². The maximum absolute atomic E-state index is 12.6. The third-order valence-electron chi connectivity index (χ3n) is 4.91. The quantitative estimate of drug-likeness (QED) is 0.940. The highest BCUT2D eigenvalue weighted by atomic mass is 16.5. The molecule has 1 aromatic carbocycles. The average Bonchev–Trinajstić information content (AvgIpc) is 3.15. The van der Waals surface area contributed by atoms with Crippen LogP contribution >= 0.6 is 0 Å². The summed E-state index contributed by atoms with van der Waals surface area (Å²) in [4.78, 5) is 12.6. The average molecular weight is 301 g/mol. The highest BCUT2D eigenvalue weighted by Gasteiger charge is 2.54. The van der Waals surface area contributed by atoms with Crippen LogP contribution in [0.25, 0.3) is 11.0 Å². The molecule has 22 heavy (non-hydrogen) atoms. The minimum Gasteiger partial charge on any atom is -0.463 e. The van der Waals surface area contributed by atoms with Gasteiger partial charge in [-0.25, -0.2) is 0 Å². The second-order valence-corrected chi connectivity index (χ2v) is 6.05. The Balaban J connectivity index is 1.54. The molecule has 1 aliphatic carbocycles. The zero-order valence-electron chi connectivity index (χ0n) is 12.5. The molecule has 1 saturated carbocycles. The van der Waals surface area contributed by atoms with Gasteiger partial charge in [-0.1, -0.05) is 18.2 Å². The second-order valence-electron chi connectivity index (χ2n) is 6.05. The van der Waals surface area contributed by atoms with E-state index in [-0.39, 0.29) is 24.0 Å². The van der Waals surface area contributed by atoms with Gasteiger partial charge in [-0.2, -0.15) is 0 Å². The number of rotatable bonds is 4. The molecule has 1 saturated heterocycles. The molecule has 2 aromatic rings. The monoisotopic (exact) mass is 301 g/mol. The van der Waals surface area contributed by atoms with Gasteiger partial charge in [0.2, 0.25) is 0 Å². The minimum absolute atomic E-state index is 0.0820. The number of amides is 1. The van der Waals surface area contributed by atoms with Crippen LogP contribution in [0.2, 0.25) is 0 Å². The molecule has 0 spiro atoms. The number of fused-ring (bicyclic) bond motifs is 2. The molecule has 5 nitrogen and oxygen atoms in total. The molecule has 4 atom stereocenters. The van der Waals surface area contributed by atoms with Crippen molar-refractivity contribution >= 4 is 16.9 Å². The molecule has 116 valence electrons. The van der Waals surface area contributed by atoms with E-state index in [9.17, 15) is 4.79 Å². The van der Waals surface area contributed by atoms with Crippen LogP contribution in [-0.4, -0.2) is 38.4 Å². The van der Waals surface area contributed by atoms with Crippen molar-refractivity contribution in [2.45, 2.75) is 18.6 Å². The highest BCUT2D eigenvalue weighted by Crippen LogP contribution is 2.43. The van der Waals surface area contributed by atoms with E-state index >= 15 is 0 Å². The number of methoxy groups -OCH3 is 1. The predicted octanol–water partition coefficient (Wildman–Crippen LogP) is 2.21. The van der Waals surface area contributed by atoms with Gasteiger partial charge in [0.15, 0.2) is 0 Å². The molecule has 1 aromatic heterocycles. The van der Waals surface area contributed by atoms with Crippen molar-refractivity contribution in [2.75, 3.05) is 20.3 Å². The van der Waals surface area contributed by atoms with Crippen LogP contribution in [0.5, 0.6) is 0 Å². The summed E-state index contributed by atoms with van der Waals surface area (Å²) in [6, 6.07) is 7.70. The van der Waals surface area contributed by atoms with Crippen molar-refractivity contribution in [1.29, 1.82) is 0 Å². The Morgan fingerprint density at radius 2 is 2.27 bits per heavy atom. The van der Waals surface area contributed by atoms with E-state index in [1.54, 1.807) is 7.11 Å². The maximum atomic E-state index is 12.6. The normalized spacial score (nSPS) is 30.0. The largest absolute Gasteiger partial charge is 0.463 e. The van der Waals surface area contributed by atoms with Crippen molar-refractivity contribution < 1.29 is 18.7 Å². The Kier molecular flexibility index (Phi) is 3.39. The molecule has 2 heterocycles. The first-order valence-corrected chi connectivity index (χ1v) is 7.67. The first-order valence-electron chi connectivity index (χ1n) is 7.67. The Morgan fingerprint density at radius 1 is 1.41 bits per heavy atom. The van der Waals surface area contributed by atoms with E-state index < -0.39 is 0 Å². The van der Waals surface area contributed by atoms with Crippen molar-refractivity contribution in [3.8, 4) is 0 Å². The van der Waals surface area contributed by atoms with Crippen LogP contribution in [-0.2, 0) is 9.47 Å². The summed E-state index contributed by atoms with van der Waals surface area (Å²) < 4.78 is 16.5. The summed E-state index contributed by atoms with van der Waals surface area (Å²) in [5, 5.41) is 4.01. The molecule has 1 N–H and O–H groups in total. The molecule has 5 heteroatoms. The van der Waals surface area contributed by atoms with Crippen LogP contribution in [0.1, 0.15) is 16.8 Å². The van der Waals surface area contributed by atoms with E-state index in [4.69, 9.17) is 13.9 Å². The van der Waals surface area contributed by atoms with Gasteiger partial charge in [-0.05, 0) is 12.5 Å². The number of benzene rings is 1. The first-order chi connectivity index (χ1) is 10.8. The van der Waals surface area contributed by atoms with Crippen molar-refractivity contribution in [1.82, 2.24) is 5.32 Å². The topological polar surface area (TPSA) is 60.7 Å². The lowest BCUT2D eigenvalue weighted by molar-refractivity contribution is -0.0809. The first kappa shape index (κ1) is 13.8. The fourth-order valence-corrected chi connectivity index (χ4v) is 3.82. The number of carbonyl (C=O) groups is 1. The second kappa shape index (κ2) is 5.41. The molecule has 0 radical (unpaired) electrons. The van der Waals surface area contributed by atoms with Gasteiger partial charge < -0.3 is 19.2 Å². The zero-order valence-corrected chi connectivity index (χ0v) is 12.5. The van der Waals surface area contributed by atoms with Gasteiger partial charge in [0, 0.05) is 37.0 Å². The SMILES string of the molecule is COC[C@H]1[C@@H](NC(=O)c2coc3ccccc23)[C@H]2CCO[C@H]21. The fraction of sp³-hybridized carbons (Fsp3) is 0.471. The lowest BCUT2D eigenvalue weighted by Crippen LogP contribution is -2.62. The van der Waals surface area contributed by atoms with Crippen LogP contribution in [0.3, 0.4) is 0 Å². The highest BCUT2D eigenvalue weighted by molar-refractivity contribution is 6.06. The Morgan fingerprint density at radius 3 is 3.14 bits per heavy atom. The van der Waals surface area contributed by atoms with Crippen LogP contribution in [0.4, 0.5) is 0 Å². The zero-order chi connectivity index (χ0) is 15.1. The lowest BCUT2D eigenvalue weighted by Gasteiger charge is -2.47. The molecule has 0 unspecified atom stereocenters. The number of ether oxygens (including phenoxy) is 2. The van der Waals surface area contributed by atoms with Crippen LogP contribution in [0.15, 0.2) is 34.9 Å². The van der Waals surface area contributed by atoms with Gasteiger partial charge in [-0.15, -0.1) is 0 Å². The lowest BCUT2D eigenvalue weighted by atomic mass is 9.67. The van der Waals surface area contributed by atoms with Gasteiger partial charge in [-0.3, -0.25) is 4.79 Å². The summed E-state index contributed by atoms with van der Waals surface area (Å²) in [7, 11) is 1.69. The van der Waals surface area contributed by atoms with Crippen molar-refractivity contribution in [3.63, 3.8) is 0 Å². The minimum atomic E-state index is -0.0820. The fourth-order valence-electron chi connectivity index (χ4n) is 3.82. The van der Waals surface area contributed by atoms with Crippen LogP contribution in [0, 0.1) is 11.8 Å². The molecule has 4 rings (SSSR count). The molecular formula is C17H19NO4. The van der Waals surface area contributed by atoms with Crippen molar-refractivity contribution in [3.05, 3.63) is 36.1 Å². The summed E-state index contributed by atoms with van der Waals surface area (Å²) in [6.45, 7) is 1.38. The molecule has 2 aliphatic rings. The molecule has 2 fully saturated rings. The van der Waals surface area contributed by atoms with E-state index in [0.29, 0.717) is 18.1 Å². The van der Waals surface area contributed by atoms with Crippen molar-refractivity contribution in [2.24, 2.45) is 11.8 Å². The van der Waals surface area contributed by atoms with E-state index in [1.807, 2.05) is 24.3 Å². The smallest absolute Gasteiger partial charge is 0.255 e. The van der Waals surface area contributed by atoms with Gasteiger partial charge in [0.1, 0.15) is 11.8 Å². The predicted molar refractivity (Wildman–Crippen MR) is 80.7 cm³/mol. The summed E-state index contributed by atoms with van der Waals surface area (Å²) >= 11 is 0. The van der Waals surface area contributed by atoms with Gasteiger partial charge in [0.25, 0.3) is 5.91 Å². The standard InChI is InChI=1S/C17H19NO4/c1-20-8-13-15(11-6-7-21-16(11)13)18-17(19)12-9-22-14-5-3-2-4-10(12)14/h2-5,9,11,13,15-16H,6-8H2,1H3,(H,18,19)/t11-,13+,15+,16-/m1/s1. The number of para-hydroxylation sites is 1. The third kappa shape index (κ3) is 2.04. The van der Waals surface area contributed by atoms with Gasteiger partial charge >= 0.3 is 0 Å². The Bertz CT molecular complexity index is 695. The number of carbonyl (C=O) groups excluding carboxylic acids is 1.